The van der Waals surface area contributed by atoms with Crippen LogP contribution in [0.3, 0.4) is 0 Å². The first-order valence-electron chi connectivity index (χ1n) is 6.54. The topological polar surface area (TPSA) is 55.1 Å². The van der Waals surface area contributed by atoms with Gasteiger partial charge in [0.15, 0.2) is 0 Å². The maximum absolute atomic E-state index is 11.3. The number of carbonyl (C=O) groups is 1. The van der Waals surface area contributed by atoms with Gasteiger partial charge >= 0.3 is 5.97 Å². The van der Waals surface area contributed by atoms with Gasteiger partial charge in [0.25, 0.3) is 0 Å². The summed E-state index contributed by atoms with van der Waals surface area (Å²) in [5, 5.41) is 14.3. The van der Waals surface area contributed by atoms with Gasteiger partial charge in [-0.05, 0) is 24.5 Å². The molecule has 4 nitrogen and oxygen atoms in total. The van der Waals surface area contributed by atoms with E-state index in [1.54, 1.807) is 29.1 Å². The van der Waals surface area contributed by atoms with E-state index in [1.165, 1.54) is 0 Å². The molecule has 5 heteroatoms. The number of nitrogens with zero attached hydrogens (tertiary/aromatic N) is 2. The van der Waals surface area contributed by atoms with Crippen LogP contribution in [0.25, 0.3) is 11.3 Å². The van der Waals surface area contributed by atoms with Crippen LogP contribution in [-0.2, 0) is 6.54 Å². The molecule has 0 bridgehead atoms. The van der Waals surface area contributed by atoms with Gasteiger partial charge < -0.3 is 5.11 Å². The van der Waals surface area contributed by atoms with Crippen LogP contribution in [-0.4, -0.2) is 20.9 Å². The second kappa shape index (κ2) is 6.09. The first kappa shape index (κ1) is 14.6. The summed E-state index contributed by atoms with van der Waals surface area (Å²) in [6.07, 6.45) is 2.54. The molecule has 106 valence electrons. The van der Waals surface area contributed by atoms with E-state index in [-0.39, 0.29) is 5.56 Å². The predicted octanol–water partition coefficient (Wildman–Crippen LogP) is 3.95. The molecule has 0 spiro atoms. The fraction of sp³-hybridized carbons (Fsp3) is 0.333. The normalized spacial score (nSPS) is 11.0. The van der Waals surface area contributed by atoms with Gasteiger partial charge in [0, 0.05) is 23.3 Å². The number of carboxylic acids is 1. The quantitative estimate of drug-likeness (QED) is 0.908. The zero-order chi connectivity index (χ0) is 14.7. The standard InChI is InChI=1S/C15H17ClN2O2/c1-10(2)6-7-18-9-13(15(19)20)14(17-18)11-4-3-5-12(16)8-11/h3-5,8-10H,6-7H2,1-2H3,(H,19,20). The highest BCUT2D eigenvalue weighted by atomic mass is 35.5. The molecule has 0 aliphatic heterocycles. The smallest absolute Gasteiger partial charge is 0.339 e. The molecule has 0 amide bonds. The third-order valence-electron chi connectivity index (χ3n) is 3.03. The lowest BCUT2D eigenvalue weighted by molar-refractivity contribution is 0.0697. The number of aromatic carboxylic acids is 1. The van der Waals surface area contributed by atoms with Gasteiger partial charge in [-0.25, -0.2) is 4.79 Å². The van der Waals surface area contributed by atoms with Crippen LogP contribution in [0.15, 0.2) is 30.5 Å². The van der Waals surface area contributed by atoms with Crippen LogP contribution < -0.4 is 0 Å². The van der Waals surface area contributed by atoms with Crippen LogP contribution in [0.5, 0.6) is 0 Å². The minimum absolute atomic E-state index is 0.205. The van der Waals surface area contributed by atoms with Crippen molar-refractivity contribution in [2.75, 3.05) is 0 Å². The van der Waals surface area contributed by atoms with Crippen molar-refractivity contribution in [2.24, 2.45) is 5.92 Å². The van der Waals surface area contributed by atoms with E-state index in [0.717, 1.165) is 12.0 Å². The van der Waals surface area contributed by atoms with Crippen molar-refractivity contribution >= 4 is 17.6 Å². The van der Waals surface area contributed by atoms with Gasteiger partial charge in [-0.2, -0.15) is 5.10 Å². The van der Waals surface area contributed by atoms with Gasteiger partial charge in [-0.15, -0.1) is 0 Å². The number of rotatable bonds is 5. The monoisotopic (exact) mass is 292 g/mol. The summed E-state index contributed by atoms with van der Waals surface area (Å²) < 4.78 is 1.69. The maximum Gasteiger partial charge on any atom is 0.339 e. The summed E-state index contributed by atoms with van der Waals surface area (Å²) in [4.78, 5) is 11.3. The fourth-order valence-electron chi connectivity index (χ4n) is 1.93. The fourth-order valence-corrected chi connectivity index (χ4v) is 2.12. The van der Waals surface area contributed by atoms with Gasteiger partial charge in [0.1, 0.15) is 11.3 Å². The highest BCUT2D eigenvalue weighted by molar-refractivity contribution is 6.30. The van der Waals surface area contributed by atoms with Crippen molar-refractivity contribution in [3.63, 3.8) is 0 Å². The predicted molar refractivity (Wildman–Crippen MR) is 79.1 cm³/mol. The average Bonchev–Trinajstić information content (AvgIpc) is 2.80. The average molecular weight is 293 g/mol. The highest BCUT2D eigenvalue weighted by Crippen LogP contribution is 2.25. The lowest BCUT2D eigenvalue weighted by Crippen LogP contribution is -2.02. The Morgan fingerprint density at radius 3 is 2.80 bits per heavy atom. The van der Waals surface area contributed by atoms with Gasteiger partial charge in [-0.1, -0.05) is 37.6 Å². The van der Waals surface area contributed by atoms with Gasteiger partial charge in [0.05, 0.1) is 0 Å². The van der Waals surface area contributed by atoms with E-state index >= 15 is 0 Å². The minimum atomic E-state index is -0.976. The maximum atomic E-state index is 11.3. The molecule has 1 N–H and O–H groups in total. The lowest BCUT2D eigenvalue weighted by atomic mass is 10.1. The summed E-state index contributed by atoms with van der Waals surface area (Å²) >= 11 is 5.95. The Balaban J connectivity index is 2.38. The molecule has 0 aliphatic rings. The van der Waals surface area contributed by atoms with Crippen LogP contribution in [0.1, 0.15) is 30.6 Å². The molecule has 0 aliphatic carbocycles. The Bertz CT molecular complexity index is 620. The number of carboxylic acid groups (broad SMARTS) is 1. The van der Waals surface area contributed by atoms with Crippen LogP contribution in [0, 0.1) is 5.92 Å². The number of hydrogen-bond donors (Lipinski definition) is 1. The van der Waals surface area contributed by atoms with E-state index < -0.39 is 5.97 Å². The van der Waals surface area contributed by atoms with Crippen molar-refractivity contribution in [2.45, 2.75) is 26.8 Å². The molecule has 0 radical (unpaired) electrons. The third-order valence-corrected chi connectivity index (χ3v) is 3.26. The number of benzene rings is 1. The lowest BCUT2D eigenvalue weighted by Gasteiger charge is -2.04. The molecule has 2 aromatic rings. The second-order valence-corrected chi connectivity index (χ2v) is 5.59. The molecule has 2 rings (SSSR count). The third kappa shape index (κ3) is 3.39. The van der Waals surface area contributed by atoms with Crippen molar-refractivity contribution in [3.8, 4) is 11.3 Å². The zero-order valence-electron chi connectivity index (χ0n) is 11.5. The van der Waals surface area contributed by atoms with Crippen molar-refractivity contribution in [1.29, 1.82) is 0 Å². The molecule has 0 saturated heterocycles. The number of aryl methyl sites for hydroxylation is 1. The summed E-state index contributed by atoms with van der Waals surface area (Å²) in [5.74, 6) is -0.433. The first-order valence-corrected chi connectivity index (χ1v) is 6.92. The van der Waals surface area contributed by atoms with E-state index in [0.29, 0.717) is 23.2 Å². The first-order chi connectivity index (χ1) is 9.47. The molecule has 0 atom stereocenters. The molecule has 1 aromatic carbocycles. The number of aromatic nitrogens is 2. The molecule has 20 heavy (non-hydrogen) atoms. The molecule has 0 fully saturated rings. The van der Waals surface area contributed by atoms with Crippen LogP contribution >= 0.6 is 11.6 Å². The van der Waals surface area contributed by atoms with E-state index in [1.807, 2.05) is 6.07 Å². The second-order valence-electron chi connectivity index (χ2n) is 5.15. The summed E-state index contributed by atoms with van der Waals surface area (Å²) in [7, 11) is 0. The van der Waals surface area contributed by atoms with Crippen molar-refractivity contribution in [3.05, 3.63) is 41.0 Å². The van der Waals surface area contributed by atoms with E-state index in [4.69, 9.17) is 11.6 Å². The molecular weight excluding hydrogens is 276 g/mol. The van der Waals surface area contributed by atoms with Crippen molar-refractivity contribution in [1.82, 2.24) is 9.78 Å². The molecule has 0 unspecified atom stereocenters. The summed E-state index contributed by atoms with van der Waals surface area (Å²) in [5.41, 5.74) is 1.39. The Kier molecular flexibility index (Phi) is 4.45. The summed E-state index contributed by atoms with van der Waals surface area (Å²) in [6.45, 7) is 4.96. The summed E-state index contributed by atoms with van der Waals surface area (Å²) in [6, 6.07) is 7.08. The van der Waals surface area contributed by atoms with E-state index in [2.05, 4.69) is 18.9 Å². The SMILES string of the molecule is CC(C)CCn1cc(C(=O)O)c(-c2cccc(Cl)c2)n1. The van der Waals surface area contributed by atoms with Crippen LogP contribution in [0.4, 0.5) is 0 Å². The number of hydrogen-bond acceptors (Lipinski definition) is 2. The Morgan fingerprint density at radius 1 is 1.45 bits per heavy atom. The van der Waals surface area contributed by atoms with Gasteiger partial charge in [-0.3, -0.25) is 4.68 Å². The largest absolute Gasteiger partial charge is 0.478 e. The van der Waals surface area contributed by atoms with E-state index in [9.17, 15) is 9.90 Å². The molecule has 0 saturated carbocycles. The highest BCUT2D eigenvalue weighted by Gasteiger charge is 2.17. The molecule has 1 aromatic heterocycles. The minimum Gasteiger partial charge on any atom is -0.478 e. The molecular formula is C15H17ClN2O2. The Hall–Kier alpha value is -1.81. The number of halogens is 1. The zero-order valence-corrected chi connectivity index (χ0v) is 12.3. The molecule has 1 heterocycles. The van der Waals surface area contributed by atoms with Gasteiger partial charge in [0.2, 0.25) is 0 Å². The van der Waals surface area contributed by atoms with Crippen molar-refractivity contribution < 1.29 is 9.90 Å². The Labute approximate surface area is 123 Å². The Morgan fingerprint density at radius 2 is 2.20 bits per heavy atom. The van der Waals surface area contributed by atoms with Crippen LogP contribution in [0.2, 0.25) is 5.02 Å².